The number of nitrogens with one attached hydrogen (secondary N) is 2. The number of ether oxygens (including phenoxy) is 2. The molecule has 0 atom stereocenters. The molecule has 9 heteroatoms. The predicted octanol–water partition coefficient (Wildman–Crippen LogP) is 4.17. The minimum absolute atomic E-state index is 0.0515. The summed E-state index contributed by atoms with van der Waals surface area (Å²) in [6.45, 7) is -0.235. The fourth-order valence-corrected chi connectivity index (χ4v) is 3.76. The Bertz CT molecular complexity index is 1130. The first-order chi connectivity index (χ1) is 14.4. The Morgan fingerprint density at radius 1 is 0.967 bits per heavy atom. The van der Waals surface area contributed by atoms with E-state index in [9.17, 15) is 13.2 Å². The van der Waals surface area contributed by atoms with Crippen LogP contribution in [0.2, 0.25) is 5.02 Å². The summed E-state index contributed by atoms with van der Waals surface area (Å²) in [6, 6.07) is 19.2. The zero-order chi connectivity index (χ0) is 21.6. The van der Waals surface area contributed by atoms with Gasteiger partial charge in [0.05, 0.1) is 22.7 Å². The van der Waals surface area contributed by atoms with Gasteiger partial charge in [-0.2, -0.15) is 0 Å². The van der Waals surface area contributed by atoms with Gasteiger partial charge in [-0.1, -0.05) is 29.8 Å². The van der Waals surface area contributed by atoms with Crippen molar-refractivity contribution in [2.45, 2.75) is 4.90 Å². The number of benzene rings is 3. The van der Waals surface area contributed by atoms with Crippen LogP contribution in [-0.2, 0) is 14.8 Å². The van der Waals surface area contributed by atoms with E-state index in [1.165, 1.54) is 31.4 Å². The van der Waals surface area contributed by atoms with Crippen LogP contribution in [-0.4, -0.2) is 28.0 Å². The smallest absolute Gasteiger partial charge is 0.262 e. The van der Waals surface area contributed by atoms with Crippen LogP contribution in [0.15, 0.2) is 77.7 Å². The molecule has 0 aromatic heterocycles. The second-order valence-electron chi connectivity index (χ2n) is 6.13. The molecule has 2 N–H and O–H groups in total. The normalized spacial score (nSPS) is 10.9. The Morgan fingerprint density at radius 3 is 2.40 bits per heavy atom. The van der Waals surface area contributed by atoms with Gasteiger partial charge in [0.1, 0.15) is 11.5 Å². The molecule has 0 unspecified atom stereocenters. The molecule has 0 saturated heterocycles. The Hall–Kier alpha value is -3.23. The van der Waals surface area contributed by atoms with E-state index in [0.29, 0.717) is 27.9 Å². The number of sulfonamides is 1. The largest absolute Gasteiger partial charge is 0.497 e. The maximum absolute atomic E-state index is 12.6. The van der Waals surface area contributed by atoms with Crippen molar-refractivity contribution in [3.8, 4) is 11.5 Å². The molecule has 0 aliphatic heterocycles. The second kappa shape index (κ2) is 9.51. The highest BCUT2D eigenvalue weighted by Gasteiger charge is 2.15. The maximum atomic E-state index is 12.6. The average Bonchev–Trinajstić information content (AvgIpc) is 2.73. The first-order valence-corrected chi connectivity index (χ1v) is 10.7. The van der Waals surface area contributed by atoms with Gasteiger partial charge in [0, 0.05) is 11.8 Å². The van der Waals surface area contributed by atoms with Crippen molar-refractivity contribution in [2.75, 3.05) is 23.8 Å². The lowest BCUT2D eigenvalue weighted by Crippen LogP contribution is -2.20. The van der Waals surface area contributed by atoms with Crippen LogP contribution in [0.4, 0.5) is 11.4 Å². The van der Waals surface area contributed by atoms with Crippen molar-refractivity contribution in [1.82, 2.24) is 0 Å². The molecule has 0 bridgehead atoms. The summed E-state index contributed by atoms with van der Waals surface area (Å²) in [5.41, 5.74) is 0.812. The molecule has 3 rings (SSSR count). The van der Waals surface area contributed by atoms with Gasteiger partial charge in [0.15, 0.2) is 6.61 Å². The fraction of sp³-hybridized carbons (Fsp3) is 0.0952. The number of para-hydroxylation sites is 1. The molecule has 0 spiro atoms. The van der Waals surface area contributed by atoms with E-state index in [-0.39, 0.29) is 11.5 Å². The molecule has 0 heterocycles. The van der Waals surface area contributed by atoms with Gasteiger partial charge in [0.25, 0.3) is 15.9 Å². The van der Waals surface area contributed by atoms with Crippen LogP contribution in [0, 0.1) is 0 Å². The van der Waals surface area contributed by atoms with Crippen molar-refractivity contribution in [3.63, 3.8) is 0 Å². The topological polar surface area (TPSA) is 93.7 Å². The predicted molar refractivity (Wildman–Crippen MR) is 116 cm³/mol. The number of hydrogen-bond donors (Lipinski definition) is 2. The minimum atomic E-state index is -3.79. The number of carbonyl (C=O) groups is 1. The van der Waals surface area contributed by atoms with Crippen molar-refractivity contribution in [1.29, 1.82) is 0 Å². The van der Waals surface area contributed by atoms with Crippen LogP contribution in [0.3, 0.4) is 0 Å². The summed E-state index contributed by atoms with van der Waals surface area (Å²) in [7, 11) is -2.29. The molecule has 156 valence electrons. The minimum Gasteiger partial charge on any atom is -0.497 e. The van der Waals surface area contributed by atoms with Gasteiger partial charge in [0.2, 0.25) is 0 Å². The summed E-state index contributed by atoms with van der Waals surface area (Å²) in [5.74, 6) is 0.534. The number of anilines is 2. The summed E-state index contributed by atoms with van der Waals surface area (Å²) in [5, 5.41) is 3.04. The van der Waals surface area contributed by atoms with E-state index in [1.807, 2.05) is 0 Å². The molecule has 30 heavy (non-hydrogen) atoms. The number of rotatable bonds is 8. The van der Waals surface area contributed by atoms with Crippen LogP contribution in [0.5, 0.6) is 11.5 Å². The van der Waals surface area contributed by atoms with Crippen molar-refractivity contribution in [3.05, 3.63) is 77.8 Å². The third-order valence-corrected chi connectivity index (χ3v) is 5.68. The SMILES string of the molecule is COc1cccc(NS(=O)(=O)c2ccc(NC(=O)COc3ccccc3Cl)cc2)c1. The summed E-state index contributed by atoms with van der Waals surface area (Å²) < 4.78 is 38.1. The molecular weight excluding hydrogens is 428 g/mol. The van der Waals surface area contributed by atoms with E-state index >= 15 is 0 Å². The van der Waals surface area contributed by atoms with Gasteiger partial charge in [-0.3, -0.25) is 9.52 Å². The van der Waals surface area contributed by atoms with Crippen LogP contribution in [0.1, 0.15) is 0 Å². The molecule has 3 aromatic rings. The standard InChI is InChI=1S/C21H19ClN2O5S/c1-28-17-6-4-5-16(13-17)24-30(26,27)18-11-9-15(10-12-18)23-21(25)14-29-20-8-3-2-7-19(20)22/h2-13,24H,14H2,1H3,(H,23,25). The summed E-state index contributed by atoms with van der Waals surface area (Å²) in [4.78, 5) is 12.1. The molecule has 0 radical (unpaired) electrons. The Morgan fingerprint density at radius 2 is 1.70 bits per heavy atom. The highest BCUT2D eigenvalue weighted by molar-refractivity contribution is 7.92. The number of hydrogen-bond acceptors (Lipinski definition) is 5. The van der Waals surface area contributed by atoms with Crippen LogP contribution in [0.25, 0.3) is 0 Å². The molecule has 3 aromatic carbocycles. The van der Waals surface area contributed by atoms with E-state index in [2.05, 4.69) is 10.0 Å². The zero-order valence-corrected chi connectivity index (χ0v) is 17.5. The average molecular weight is 447 g/mol. The third-order valence-electron chi connectivity index (χ3n) is 3.97. The lowest BCUT2D eigenvalue weighted by molar-refractivity contribution is -0.118. The van der Waals surface area contributed by atoms with Crippen LogP contribution < -0.4 is 19.5 Å². The van der Waals surface area contributed by atoms with E-state index in [4.69, 9.17) is 21.1 Å². The fourth-order valence-electron chi connectivity index (χ4n) is 2.52. The highest BCUT2D eigenvalue weighted by Crippen LogP contribution is 2.23. The maximum Gasteiger partial charge on any atom is 0.262 e. The second-order valence-corrected chi connectivity index (χ2v) is 8.22. The van der Waals surface area contributed by atoms with Crippen LogP contribution >= 0.6 is 11.6 Å². The Labute approximate surface area is 179 Å². The number of amides is 1. The van der Waals surface area contributed by atoms with Crippen molar-refractivity contribution >= 4 is 38.9 Å². The first-order valence-electron chi connectivity index (χ1n) is 8.81. The van der Waals surface area contributed by atoms with Crippen molar-refractivity contribution < 1.29 is 22.7 Å². The molecule has 0 aliphatic carbocycles. The molecule has 0 fully saturated rings. The number of halogens is 1. The lowest BCUT2D eigenvalue weighted by Gasteiger charge is -2.11. The molecule has 7 nitrogen and oxygen atoms in total. The molecule has 1 amide bonds. The van der Waals surface area contributed by atoms with Crippen molar-refractivity contribution in [2.24, 2.45) is 0 Å². The Balaban J connectivity index is 1.61. The summed E-state index contributed by atoms with van der Waals surface area (Å²) >= 11 is 5.98. The zero-order valence-electron chi connectivity index (χ0n) is 16.0. The lowest BCUT2D eigenvalue weighted by atomic mass is 10.3. The van der Waals surface area contributed by atoms with Gasteiger partial charge in [-0.05, 0) is 48.5 Å². The van der Waals surface area contributed by atoms with Gasteiger partial charge < -0.3 is 14.8 Å². The van der Waals surface area contributed by atoms with Gasteiger partial charge in [-0.15, -0.1) is 0 Å². The van der Waals surface area contributed by atoms with Gasteiger partial charge in [-0.25, -0.2) is 8.42 Å². The van der Waals surface area contributed by atoms with E-state index in [0.717, 1.165) is 0 Å². The van der Waals surface area contributed by atoms with Gasteiger partial charge >= 0.3 is 0 Å². The number of carbonyl (C=O) groups excluding carboxylic acids is 1. The third kappa shape index (κ3) is 5.65. The Kier molecular flexibility index (Phi) is 6.81. The highest BCUT2D eigenvalue weighted by atomic mass is 35.5. The number of methoxy groups -OCH3 is 1. The molecule has 0 saturated carbocycles. The van der Waals surface area contributed by atoms with E-state index in [1.54, 1.807) is 48.5 Å². The first kappa shape index (κ1) is 21.5. The summed E-state index contributed by atoms with van der Waals surface area (Å²) in [6.07, 6.45) is 0. The molecular formula is C21H19ClN2O5S. The monoisotopic (exact) mass is 446 g/mol. The molecule has 0 aliphatic rings. The van der Waals surface area contributed by atoms with E-state index < -0.39 is 15.9 Å². The quantitative estimate of drug-likeness (QED) is 0.541.